The van der Waals surface area contributed by atoms with E-state index < -0.39 is 10.0 Å². The van der Waals surface area contributed by atoms with Gasteiger partial charge in [0.25, 0.3) is 10.0 Å². The summed E-state index contributed by atoms with van der Waals surface area (Å²) in [5, 5.41) is 7.03. The van der Waals surface area contributed by atoms with E-state index >= 15 is 0 Å². The zero-order valence-electron chi connectivity index (χ0n) is 17.5. The van der Waals surface area contributed by atoms with Gasteiger partial charge < -0.3 is 10.2 Å². The Morgan fingerprint density at radius 2 is 1.42 bits per heavy atom. The third-order valence-corrected chi connectivity index (χ3v) is 7.89. The Kier molecular flexibility index (Phi) is 5.04. The number of sulfonamides is 1. The Morgan fingerprint density at radius 1 is 0.774 bits per heavy atom. The van der Waals surface area contributed by atoms with Crippen molar-refractivity contribution in [3.63, 3.8) is 0 Å². The van der Waals surface area contributed by atoms with Crippen molar-refractivity contribution in [1.82, 2.24) is 5.32 Å². The van der Waals surface area contributed by atoms with Gasteiger partial charge in [-0.3, -0.25) is 4.31 Å². The third-order valence-electron chi connectivity index (χ3n) is 6.06. The average Bonchev–Trinajstić information content (AvgIpc) is 2.83. The van der Waals surface area contributed by atoms with E-state index in [0.717, 1.165) is 53.4 Å². The number of rotatable bonds is 4. The quantitative estimate of drug-likeness (QED) is 0.526. The lowest BCUT2D eigenvalue weighted by molar-refractivity contribution is 0.589. The van der Waals surface area contributed by atoms with Crippen molar-refractivity contribution in [2.24, 2.45) is 0 Å². The molecule has 1 fully saturated rings. The van der Waals surface area contributed by atoms with Crippen LogP contribution in [0.4, 0.5) is 11.4 Å². The molecule has 0 saturated carbocycles. The van der Waals surface area contributed by atoms with Gasteiger partial charge in [0.05, 0.1) is 10.6 Å². The average molecular weight is 432 g/mol. The summed E-state index contributed by atoms with van der Waals surface area (Å²) >= 11 is 0. The van der Waals surface area contributed by atoms with Crippen LogP contribution >= 0.6 is 0 Å². The number of nitrogens with zero attached hydrogens (tertiary/aromatic N) is 2. The molecule has 0 atom stereocenters. The van der Waals surface area contributed by atoms with Gasteiger partial charge in [-0.1, -0.05) is 60.7 Å². The van der Waals surface area contributed by atoms with Crippen molar-refractivity contribution in [2.45, 2.75) is 4.90 Å². The van der Waals surface area contributed by atoms with Crippen molar-refractivity contribution >= 4 is 42.9 Å². The van der Waals surface area contributed by atoms with E-state index in [4.69, 9.17) is 0 Å². The van der Waals surface area contributed by atoms with Crippen LogP contribution in [-0.2, 0) is 10.0 Å². The molecule has 0 aromatic heterocycles. The molecule has 1 saturated heterocycles. The minimum absolute atomic E-state index is 0.331. The van der Waals surface area contributed by atoms with E-state index in [-0.39, 0.29) is 0 Å². The van der Waals surface area contributed by atoms with Gasteiger partial charge in [0.2, 0.25) is 0 Å². The molecule has 6 heteroatoms. The molecule has 1 heterocycles. The molecule has 1 N–H and O–H groups in total. The lowest BCUT2D eigenvalue weighted by atomic mass is 10.1. The van der Waals surface area contributed by atoms with Gasteiger partial charge in [-0.15, -0.1) is 0 Å². The monoisotopic (exact) mass is 431 g/mol. The molecule has 4 aromatic rings. The van der Waals surface area contributed by atoms with Crippen molar-refractivity contribution < 1.29 is 8.42 Å². The second-order valence-corrected chi connectivity index (χ2v) is 9.77. The van der Waals surface area contributed by atoms with Gasteiger partial charge in [-0.05, 0) is 23.6 Å². The molecule has 158 valence electrons. The van der Waals surface area contributed by atoms with Gasteiger partial charge in [-0.2, -0.15) is 0 Å². The second kappa shape index (κ2) is 7.87. The summed E-state index contributed by atoms with van der Waals surface area (Å²) in [6.45, 7) is 3.67. The molecule has 1 aliphatic heterocycles. The number of hydrogen-bond donors (Lipinski definition) is 1. The second-order valence-electron chi connectivity index (χ2n) is 7.84. The number of hydrogen-bond acceptors (Lipinski definition) is 4. The molecule has 1 aliphatic rings. The van der Waals surface area contributed by atoms with E-state index in [9.17, 15) is 8.42 Å². The number of piperazine rings is 1. The number of anilines is 2. The maximum Gasteiger partial charge on any atom is 0.264 e. The summed E-state index contributed by atoms with van der Waals surface area (Å²) in [5.74, 6) is 0. The van der Waals surface area contributed by atoms with Crippen LogP contribution in [-0.4, -0.2) is 41.6 Å². The van der Waals surface area contributed by atoms with Crippen molar-refractivity contribution in [1.29, 1.82) is 0 Å². The smallest absolute Gasteiger partial charge is 0.264 e. The van der Waals surface area contributed by atoms with Crippen molar-refractivity contribution in [2.75, 3.05) is 42.4 Å². The minimum Gasteiger partial charge on any atom is -0.368 e. The third kappa shape index (κ3) is 3.42. The van der Waals surface area contributed by atoms with Crippen LogP contribution in [0.2, 0.25) is 0 Å². The molecule has 31 heavy (non-hydrogen) atoms. The van der Waals surface area contributed by atoms with Gasteiger partial charge in [0, 0.05) is 55.1 Å². The van der Waals surface area contributed by atoms with Crippen LogP contribution in [0.25, 0.3) is 21.5 Å². The molecule has 4 aromatic carbocycles. The van der Waals surface area contributed by atoms with Crippen molar-refractivity contribution in [3.8, 4) is 0 Å². The molecular weight excluding hydrogens is 406 g/mol. The minimum atomic E-state index is -3.76. The van der Waals surface area contributed by atoms with E-state index in [1.54, 1.807) is 13.1 Å². The van der Waals surface area contributed by atoms with E-state index in [2.05, 4.69) is 10.2 Å². The standard InChI is InChI=1S/C25H25N3O2S/c1-27(23-12-6-8-19-7-2-3-9-20(19)23)31(29,30)25-14-13-24(28-17-15-26-16-18-28)21-10-4-5-11-22(21)25/h2-14,26H,15-18H2,1H3. The predicted molar refractivity (Wildman–Crippen MR) is 129 cm³/mol. The molecule has 5 nitrogen and oxygen atoms in total. The van der Waals surface area contributed by atoms with Crippen molar-refractivity contribution in [3.05, 3.63) is 78.9 Å². The first-order valence-electron chi connectivity index (χ1n) is 10.5. The van der Waals surface area contributed by atoms with Crippen LogP contribution in [0, 0.1) is 0 Å². The first-order valence-corrected chi connectivity index (χ1v) is 12.0. The fourth-order valence-electron chi connectivity index (χ4n) is 4.42. The largest absolute Gasteiger partial charge is 0.368 e. The first kappa shape index (κ1) is 19.8. The SMILES string of the molecule is CN(c1cccc2ccccc12)S(=O)(=O)c1ccc(N2CCNCC2)c2ccccc12. The van der Waals surface area contributed by atoms with Gasteiger partial charge in [0.1, 0.15) is 0 Å². The molecular formula is C25H25N3O2S. The number of benzene rings is 4. The maximum absolute atomic E-state index is 13.8. The molecule has 5 rings (SSSR count). The molecule has 0 spiro atoms. The normalized spacial score (nSPS) is 14.8. The van der Waals surface area contributed by atoms with Crippen LogP contribution in [0.15, 0.2) is 83.8 Å². The van der Waals surface area contributed by atoms with E-state index in [1.807, 2.05) is 72.8 Å². The lowest BCUT2D eigenvalue weighted by Crippen LogP contribution is -2.43. The van der Waals surface area contributed by atoms with Gasteiger partial charge in [-0.25, -0.2) is 8.42 Å². The Hall–Kier alpha value is -3.09. The summed E-state index contributed by atoms with van der Waals surface area (Å²) in [6, 6.07) is 25.1. The van der Waals surface area contributed by atoms with Crippen LogP contribution in [0.3, 0.4) is 0 Å². The molecule has 0 radical (unpaired) electrons. The van der Waals surface area contributed by atoms with Crippen LogP contribution in [0.1, 0.15) is 0 Å². The molecule has 0 aliphatic carbocycles. The molecule has 0 amide bonds. The summed E-state index contributed by atoms with van der Waals surface area (Å²) in [7, 11) is -2.12. The van der Waals surface area contributed by atoms with E-state index in [1.165, 1.54) is 4.31 Å². The molecule has 0 unspecified atom stereocenters. The van der Waals surface area contributed by atoms with Crippen LogP contribution in [0.5, 0.6) is 0 Å². The summed E-state index contributed by atoms with van der Waals surface area (Å²) in [6.07, 6.45) is 0. The predicted octanol–water partition coefficient (Wildman–Crippen LogP) is 4.23. The highest BCUT2D eigenvalue weighted by molar-refractivity contribution is 7.93. The lowest BCUT2D eigenvalue weighted by Gasteiger charge is -2.31. The highest BCUT2D eigenvalue weighted by atomic mass is 32.2. The summed E-state index contributed by atoms with van der Waals surface area (Å²) in [5.41, 5.74) is 1.76. The number of nitrogens with one attached hydrogen (secondary N) is 1. The Bertz CT molecular complexity index is 1360. The van der Waals surface area contributed by atoms with E-state index in [0.29, 0.717) is 10.6 Å². The Balaban J connectivity index is 1.64. The van der Waals surface area contributed by atoms with Crippen LogP contribution < -0.4 is 14.5 Å². The molecule has 0 bridgehead atoms. The highest BCUT2D eigenvalue weighted by Gasteiger charge is 2.26. The first-order chi connectivity index (χ1) is 15.1. The summed E-state index contributed by atoms with van der Waals surface area (Å²) in [4.78, 5) is 2.65. The maximum atomic E-state index is 13.8. The Morgan fingerprint density at radius 3 is 2.19 bits per heavy atom. The summed E-state index contributed by atoms with van der Waals surface area (Å²) < 4.78 is 29.0. The zero-order valence-corrected chi connectivity index (χ0v) is 18.3. The number of fused-ring (bicyclic) bond motifs is 2. The highest BCUT2D eigenvalue weighted by Crippen LogP contribution is 2.36. The zero-order chi connectivity index (χ0) is 21.4. The Labute approximate surface area is 183 Å². The topological polar surface area (TPSA) is 52.7 Å². The fraction of sp³-hybridized carbons (Fsp3) is 0.200. The fourth-order valence-corrected chi connectivity index (χ4v) is 5.83. The van der Waals surface area contributed by atoms with Gasteiger partial charge in [0.15, 0.2) is 0 Å². The van der Waals surface area contributed by atoms with Gasteiger partial charge >= 0.3 is 0 Å².